The van der Waals surface area contributed by atoms with Crippen LogP contribution >= 0.6 is 0 Å². The second kappa shape index (κ2) is 5.72. The van der Waals surface area contributed by atoms with Crippen molar-refractivity contribution in [3.63, 3.8) is 0 Å². The Balaban J connectivity index is 1.74. The molecular weight excluding hydrogens is 337 g/mol. The first-order valence-corrected chi connectivity index (χ1v) is 9.25. The zero-order valence-electron chi connectivity index (χ0n) is 13.0. The highest BCUT2D eigenvalue weighted by atomic mass is 32.2. The number of halogens is 1. The average molecular weight is 353 g/mol. The minimum absolute atomic E-state index is 0.0392. The average Bonchev–Trinajstić information content (AvgIpc) is 3.21. The molecule has 1 saturated heterocycles. The number of cyclic esters (lactones) is 1. The summed E-state index contributed by atoms with van der Waals surface area (Å²) in [5.74, 6) is -0.522. The van der Waals surface area contributed by atoms with Crippen LogP contribution in [0.1, 0.15) is 18.4 Å². The third-order valence-corrected chi connectivity index (χ3v) is 4.84. The Hall–Kier alpha value is -2.18. The van der Waals surface area contributed by atoms with Crippen LogP contribution in [-0.4, -0.2) is 40.0 Å². The van der Waals surface area contributed by atoms with Gasteiger partial charge in [0.2, 0.25) is 10.0 Å². The molecule has 0 bridgehead atoms. The Morgan fingerprint density at radius 1 is 1.50 bits per heavy atom. The molecule has 1 atom stereocenters. The van der Waals surface area contributed by atoms with Crippen LogP contribution in [0.5, 0.6) is 0 Å². The van der Waals surface area contributed by atoms with Crippen LogP contribution in [0.2, 0.25) is 0 Å². The number of nitrogens with zero attached hydrogens (tertiary/aromatic N) is 2. The van der Waals surface area contributed by atoms with Gasteiger partial charge in [0.1, 0.15) is 11.9 Å². The Bertz CT molecular complexity index is 830. The van der Waals surface area contributed by atoms with Gasteiger partial charge in [-0.2, -0.15) is 0 Å². The molecular formula is C15H16FN3O4S. The second-order valence-electron chi connectivity index (χ2n) is 6.04. The number of anilines is 1. The van der Waals surface area contributed by atoms with Crippen molar-refractivity contribution in [2.45, 2.75) is 24.5 Å². The number of sulfonamides is 1. The van der Waals surface area contributed by atoms with Crippen molar-refractivity contribution in [1.82, 2.24) is 4.72 Å². The van der Waals surface area contributed by atoms with E-state index in [0.717, 1.165) is 6.26 Å². The summed E-state index contributed by atoms with van der Waals surface area (Å²) in [5, 5.41) is 0. The summed E-state index contributed by atoms with van der Waals surface area (Å²) in [7, 11) is -3.38. The maximum Gasteiger partial charge on any atom is 0.414 e. The topological polar surface area (TPSA) is 80.1 Å². The third-order valence-electron chi connectivity index (χ3n) is 4.15. The summed E-state index contributed by atoms with van der Waals surface area (Å²) in [5.41, 5.74) is -0.0798. The van der Waals surface area contributed by atoms with Gasteiger partial charge in [-0.15, -0.1) is 0 Å². The first-order chi connectivity index (χ1) is 11.2. The monoisotopic (exact) mass is 353 g/mol. The van der Waals surface area contributed by atoms with Crippen LogP contribution in [0.25, 0.3) is 4.85 Å². The van der Waals surface area contributed by atoms with E-state index in [-0.39, 0.29) is 13.1 Å². The molecule has 9 heteroatoms. The van der Waals surface area contributed by atoms with E-state index in [0.29, 0.717) is 24.1 Å². The zero-order chi connectivity index (χ0) is 17.5. The van der Waals surface area contributed by atoms with Crippen LogP contribution in [0, 0.1) is 12.4 Å². The molecule has 1 unspecified atom stereocenters. The Kier molecular flexibility index (Phi) is 3.97. The fourth-order valence-electron chi connectivity index (χ4n) is 2.69. The number of ether oxygens (including phenoxy) is 1. The number of hydrogen-bond acceptors (Lipinski definition) is 4. The van der Waals surface area contributed by atoms with Crippen molar-refractivity contribution in [1.29, 1.82) is 0 Å². The van der Waals surface area contributed by atoms with E-state index >= 15 is 0 Å². The Morgan fingerprint density at radius 3 is 2.75 bits per heavy atom. The van der Waals surface area contributed by atoms with Crippen molar-refractivity contribution in [2.24, 2.45) is 0 Å². The Labute approximate surface area is 139 Å². The minimum atomic E-state index is -3.38. The number of carbonyl (C=O) groups excluding carboxylic acids is 1. The van der Waals surface area contributed by atoms with Gasteiger partial charge in [-0.05, 0) is 18.2 Å². The largest absolute Gasteiger partial charge is 0.443 e. The molecule has 0 spiro atoms. The van der Waals surface area contributed by atoms with Gasteiger partial charge >= 0.3 is 6.09 Å². The molecule has 2 fully saturated rings. The maximum atomic E-state index is 14.3. The van der Waals surface area contributed by atoms with Crippen molar-refractivity contribution in [3.8, 4) is 0 Å². The molecule has 2 aliphatic rings. The molecule has 3 rings (SSSR count). The summed E-state index contributed by atoms with van der Waals surface area (Å²) in [6, 6.07) is 4.33. The van der Waals surface area contributed by atoms with E-state index in [1.54, 1.807) is 6.07 Å². The fourth-order valence-corrected chi connectivity index (χ4v) is 3.18. The highest BCUT2D eigenvalue weighted by molar-refractivity contribution is 7.88. The van der Waals surface area contributed by atoms with Gasteiger partial charge < -0.3 is 9.58 Å². The third kappa shape index (κ3) is 3.20. The smallest absolute Gasteiger partial charge is 0.414 e. The summed E-state index contributed by atoms with van der Waals surface area (Å²) in [6.07, 6.45) is 0.984. The lowest BCUT2D eigenvalue weighted by atomic mass is 10.0. The van der Waals surface area contributed by atoms with Crippen LogP contribution in [0.15, 0.2) is 18.2 Å². The van der Waals surface area contributed by atoms with E-state index in [1.807, 2.05) is 0 Å². The molecule has 24 heavy (non-hydrogen) atoms. The second-order valence-corrected chi connectivity index (χ2v) is 7.88. The van der Waals surface area contributed by atoms with Gasteiger partial charge in [0.15, 0.2) is 0 Å². The molecule has 1 saturated carbocycles. The Morgan fingerprint density at radius 2 is 2.21 bits per heavy atom. The normalized spacial score (nSPS) is 22.1. The first kappa shape index (κ1) is 16.7. The fraction of sp³-hybridized carbons (Fsp3) is 0.467. The first-order valence-electron chi connectivity index (χ1n) is 7.35. The molecule has 128 valence electrons. The molecule has 1 N–H and O–H groups in total. The van der Waals surface area contributed by atoms with E-state index in [2.05, 4.69) is 9.57 Å². The van der Waals surface area contributed by atoms with Crippen LogP contribution in [0.3, 0.4) is 0 Å². The van der Waals surface area contributed by atoms with Gasteiger partial charge in [-0.25, -0.2) is 28.9 Å². The lowest BCUT2D eigenvalue weighted by molar-refractivity contribution is 0.143. The van der Waals surface area contributed by atoms with Crippen LogP contribution in [-0.2, 0) is 20.3 Å². The van der Waals surface area contributed by atoms with Crippen molar-refractivity contribution < 1.29 is 22.3 Å². The van der Waals surface area contributed by atoms with Crippen LogP contribution in [0.4, 0.5) is 14.9 Å². The summed E-state index contributed by atoms with van der Waals surface area (Å²) in [4.78, 5) is 16.7. The molecule has 1 aromatic rings. The standard InChI is InChI=1S/C15H16FN3O4S/c1-17-15(5-6-15)12-4-3-10(7-13(12)16)19-9-11(23-14(19)20)8-18-24(2,21)22/h3-4,7,11,18H,5-6,8-9H2,2H3. The summed E-state index contributed by atoms with van der Waals surface area (Å²) >= 11 is 0. The molecule has 1 amide bonds. The number of amides is 1. The van der Waals surface area contributed by atoms with Gasteiger partial charge in [0.25, 0.3) is 5.54 Å². The lowest BCUT2D eigenvalue weighted by Gasteiger charge is -2.14. The van der Waals surface area contributed by atoms with Gasteiger partial charge in [-0.3, -0.25) is 4.90 Å². The number of benzene rings is 1. The van der Waals surface area contributed by atoms with E-state index < -0.39 is 33.6 Å². The van der Waals surface area contributed by atoms with Gasteiger partial charge in [0.05, 0.1) is 24.1 Å². The quantitative estimate of drug-likeness (QED) is 0.816. The number of nitrogens with one attached hydrogen (secondary N) is 1. The summed E-state index contributed by atoms with van der Waals surface area (Å²) in [6.45, 7) is 7.28. The lowest BCUT2D eigenvalue weighted by Crippen LogP contribution is -2.34. The molecule has 0 radical (unpaired) electrons. The molecule has 7 nitrogen and oxygen atoms in total. The molecule has 1 heterocycles. The van der Waals surface area contributed by atoms with Crippen LogP contribution < -0.4 is 9.62 Å². The van der Waals surface area contributed by atoms with Gasteiger partial charge in [0, 0.05) is 19.4 Å². The maximum absolute atomic E-state index is 14.3. The predicted octanol–water partition coefficient (Wildman–Crippen LogP) is 1.61. The molecule has 1 aliphatic heterocycles. The van der Waals surface area contributed by atoms with Crippen molar-refractivity contribution in [2.75, 3.05) is 24.2 Å². The molecule has 1 aromatic carbocycles. The SMILES string of the molecule is [C-]#[N+]C1(c2ccc(N3CC(CNS(C)(=O)=O)OC3=O)cc2F)CC1. The summed E-state index contributed by atoms with van der Waals surface area (Å²) < 4.78 is 43.9. The molecule has 0 aromatic heterocycles. The number of rotatable bonds is 5. The van der Waals surface area contributed by atoms with Crippen molar-refractivity contribution >= 4 is 21.8 Å². The van der Waals surface area contributed by atoms with E-state index in [9.17, 15) is 17.6 Å². The minimum Gasteiger partial charge on any atom is -0.443 e. The van der Waals surface area contributed by atoms with Crippen molar-refractivity contribution in [3.05, 3.63) is 41.0 Å². The zero-order valence-corrected chi connectivity index (χ0v) is 13.8. The number of carbonyl (C=O) groups is 1. The molecule has 1 aliphatic carbocycles. The predicted molar refractivity (Wildman–Crippen MR) is 84.4 cm³/mol. The van der Waals surface area contributed by atoms with E-state index in [1.165, 1.54) is 17.0 Å². The van der Waals surface area contributed by atoms with Gasteiger partial charge in [-0.1, -0.05) is 0 Å². The highest BCUT2D eigenvalue weighted by Gasteiger charge is 2.54. The number of hydrogen-bond donors (Lipinski definition) is 1. The highest BCUT2D eigenvalue weighted by Crippen LogP contribution is 2.50. The van der Waals surface area contributed by atoms with E-state index in [4.69, 9.17) is 11.3 Å².